The average Bonchev–Trinajstić information content (AvgIpc) is 3.20. The smallest absolute Gasteiger partial charge is 0.227 e. The zero-order chi connectivity index (χ0) is 14.8. The van der Waals surface area contributed by atoms with Crippen molar-refractivity contribution < 1.29 is 4.79 Å². The molecular weight excluding hydrogens is 284 g/mol. The fraction of sp³-hybridized carbons (Fsp3) is 0.467. The summed E-state index contributed by atoms with van der Waals surface area (Å²) in [7, 11) is 0. The lowest BCUT2D eigenvalue weighted by molar-refractivity contribution is -0.116. The van der Waals surface area contributed by atoms with Crippen LogP contribution in [-0.4, -0.2) is 34.9 Å². The van der Waals surface area contributed by atoms with Crippen molar-refractivity contribution in [1.29, 1.82) is 0 Å². The summed E-state index contributed by atoms with van der Waals surface area (Å²) in [4.78, 5) is 18.8. The number of hydrogen-bond acceptors (Lipinski definition) is 5. The predicted molar refractivity (Wildman–Crippen MR) is 87.5 cm³/mol. The van der Waals surface area contributed by atoms with Gasteiger partial charge in [0.25, 0.3) is 0 Å². The Balaban J connectivity index is 1.57. The van der Waals surface area contributed by atoms with E-state index in [4.69, 9.17) is 5.73 Å². The van der Waals surface area contributed by atoms with E-state index in [0.29, 0.717) is 23.3 Å². The number of nitrogens with one attached hydrogen (secondary N) is 1. The molecule has 0 spiro atoms. The molecule has 0 atom stereocenters. The third-order valence-electron chi connectivity index (χ3n) is 3.75. The van der Waals surface area contributed by atoms with Gasteiger partial charge in [-0.25, -0.2) is 4.98 Å². The molecule has 112 valence electrons. The number of nitrogen functional groups attached to an aromatic ring is 1. The highest BCUT2D eigenvalue weighted by atomic mass is 32.1. The van der Waals surface area contributed by atoms with Gasteiger partial charge < -0.3 is 16.0 Å². The predicted octanol–water partition coefficient (Wildman–Crippen LogP) is 2.69. The molecule has 1 fully saturated rings. The molecule has 21 heavy (non-hydrogen) atoms. The molecule has 1 heterocycles. The molecule has 3 rings (SSSR count). The molecule has 6 heteroatoms. The van der Waals surface area contributed by atoms with Crippen LogP contribution in [0.4, 0.5) is 10.8 Å². The number of aromatic nitrogens is 1. The van der Waals surface area contributed by atoms with Crippen molar-refractivity contribution >= 4 is 38.3 Å². The van der Waals surface area contributed by atoms with Gasteiger partial charge in [-0.1, -0.05) is 18.3 Å². The molecule has 1 aromatic heterocycles. The molecule has 0 saturated heterocycles. The van der Waals surface area contributed by atoms with Crippen LogP contribution in [0.2, 0.25) is 0 Å². The minimum atomic E-state index is 0.0288. The van der Waals surface area contributed by atoms with Crippen molar-refractivity contribution in [2.75, 3.05) is 24.1 Å². The van der Waals surface area contributed by atoms with Crippen LogP contribution in [0.1, 0.15) is 26.2 Å². The number of carbonyl (C=O) groups excluding carboxylic acids is 1. The fourth-order valence-corrected chi connectivity index (χ4v) is 3.39. The molecule has 0 aliphatic heterocycles. The van der Waals surface area contributed by atoms with E-state index in [9.17, 15) is 4.79 Å². The number of amides is 1. The number of fused-ring (bicyclic) bond motifs is 1. The van der Waals surface area contributed by atoms with Gasteiger partial charge in [-0.2, -0.15) is 0 Å². The maximum atomic E-state index is 12.0. The zero-order valence-electron chi connectivity index (χ0n) is 12.1. The summed E-state index contributed by atoms with van der Waals surface area (Å²) in [5.41, 5.74) is 7.34. The number of hydrogen-bond donors (Lipinski definition) is 2. The first-order valence-electron chi connectivity index (χ1n) is 7.35. The molecule has 0 radical (unpaired) electrons. The van der Waals surface area contributed by atoms with E-state index in [1.807, 2.05) is 18.2 Å². The van der Waals surface area contributed by atoms with Crippen LogP contribution in [0.15, 0.2) is 18.2 Å². The number of benzene rings is 1. The van der Waals surface area contributed by atoms with Crippen molar-refractivity contribution in [3.8, 4) is 0 Å². The van der Waals surface area contributed by atoms with Gasteiger partial charge in [0.05, 0.1) is 10.2 Å². The first-order chi connectivity index (χ1) is 10.2. The van der Waals surface area contributed by atoms with E-state index in [0.717, 1.165) is 23.3 Å². The molecule has 1 aromatic carbocycles. The molecule has 1 aliphatic carbocycles. The average molecular weight is 304 g/mol. The monoisotopic (exact) mass is 304 g/mol. The highest BCUT2D eigenvalue weighted by Crippen LogP contribution is 2.28. The second-order valence-corrected chi connectivity index (χ2v) is 6.43. The van der Waals surface area contributed by atoms with Gasteiger partial charge in [-0.15, -0.1) is 0 Å². The first kappa shape index (κ1) is 14.3. The third-order valence-corrected chi connectivity index (χ3v) is 4.69. The third kappa shape index (κ3) is 3.51. The van der Waals surface area contributed by atoms with Crippen LogP contribution in [0.5, 0.6) is 0 Å². The van der Waals surface area contributed by atoms with Gasteiger partial charge in [0.15, 0.2) is 5.13 Å². The van der Waals surface area contributed by atoms with Crippen LogP contribution >= 0.6 is 11.3 Å². The van der Waals surface area contributed by atoms with Crippen molar-refractivity contribution in [2.24, 2.45) is 0 Å². The second-order valence-electron chi connectivity index (χ2n) is 5.40. The van der Waals surface area contributed by atoms with E-state index in [-0.39, 0.29) is 5.91 Å². The van der Waals surface area contributed by atoms with E-state index >= 15 is 0 Å². The molecule has 3 N–H and O–H groups in total. The van der Waals surface area contributed by atoms with E-state index in [1.54, 1.807) is 0 Å². The molecule has 5 nitrogen and oxygen atoms in total. The minimum Gasteiger partial charge on any atom is -0.399 e. The summed E-state index contributed by atoms with van der Waals surface area (Å²) in [6.45, 7) is 3.98. The topological polar surface area (TPSA) is 71.2 Å². The quantitative estimate of drug-likeness (QED) is 0.805. The second kappa shape index (κ2) is 5.99. The number of nitrogens with two attached hydrogens (primary N) is 1. The van der Waals surface area contributed by atoms with E-state index in [2.05, 4.69) is 22.1 Å². The van der Waals surface area contributed by atoms with E-state index in [1.165, 1.54) is 24.2 Å². The molecule has 2 aromatic rings. The van der Waals surface area contributed by atoms with Gasteiger partial charge in [-0.3, -0.25) is 4.79 Å². The summed E-state index contributed by atoms with van der Waals surface area (Å²) in [5, 5.41) is 3.54. The van der Waals surface area contributed by atoms with Crippen LogP contribution in [0, 0.1) is 0 Å². The number of nitrogens with zero attached hydrogens (tertiary/aromatic N) is 2. The van der Waals surface area contributed by atoms with Crippen LogP contribution in [-0.2, 0) is 4.79 Å². The van der Waals surface area contributed by atoms with Gasteiger partial charge in [-0.05, 0) is 37.6 Å². The fourth-order valence-electron chi connectivity index (χ4n) is 2.46. The highest BCUT2D eigenvalue weighted by molar-refractivity contribution is 7.22. The Morgan fingerprint density at radius 1 is 1.52 bits per heavy atom. The number of thiazole rings is 1. The Bertz CT molecular complexity index is 650. The largest absolute Gasteiger partial charge is 0.399 e. The molecule has 1 saturated carbocycles. The Morgan fingerprint density at radius 2 is 2.33 bits per heavy atom. The molecular formula is C15H20N4OS. The highest BCUT2D eigenvalue weighted by Gasteiger charge is 2.27. The van der Waals surface area contributed by atoms with Gasteiger partial charge in [0, 0.05) is 24.7 Å². The number of rotatable bonds is 6. The molecule has 1 amide bonds. The Morgan fingerprint density at radius 3 is 3.05 bits per heavy atom. The van der Waals surface area contributed by atoms with Crippen LogP contribution < -0.4 is 11.1 Å². The zero-order valence-corrected chi connectivity index (χ0v) is 12.9. The van der Waals surface area contributed by atoms with Crippen molar-refractivity contribution in [3.63, 3.8) is 0 Å². The van der Waals surface area contributed by atoms with Crippen molar-refractivity contribution in [3.05, 3.63) is 18.2 Å². The summed E-state index contributed by atoms with van der Waals surface area (Å²) in [5.74, 6) is 0.0288. The van der Waals surface area contributed by atoms with Crippen molar-refractivity contribution in [1.82, 2.24) is 9.88 Å². The van der Waals surface area contributed by atoms with Crippen molar-refractivity contribution in [2.45, 2.75) is 32.2 Å². The lowest BCUT2D eigenvalue weighted by Crippen LogP contribution is -2.29. The summed E-state index contributed by atoms with van der Waals surface area (Å²) in [6, 6.07) is 6.29. The lowest BCUT2D eigenvalue weighted by Gasteiger charge is -2.18. The maximum absolute atomic E-state index is 12.0. The van der Waals surface area contributed by atoms with Gasteiger partial charge in [0.2, 0.25) is 5.91 Å². The van der Waals surface area contributed by atoms with Gasteiger partial charge in [0.1, 0.15) is 0 Å². The standard InChI is InChI=1S/C15H20N4OS/c1-2-19(11-4-5-11)8-7-14(20)18-15-17-12-6-3-10(16)9-13(12)21-15/h3,6,9,11H,2,4-5,7-8,16H2,1H3,(H,17,18,20). The number of carbonyl (C=O) groups is 1. The first-order valence-corrected chi connectivity index (χ1v) is 8.17. The molecule has 1 aliphatic rings. The van der Waals surface area contributed by atoms with Crippen LogP contribution in [0.25, 0.3) is 10.2 Å². The van der Waals surface area contributed by atoms with Crippen LogP contribution in [0.3, 0.4) is 0 Å². The Labute approximate surface area is 128 Å². The Hall–Kier alpha value is -1.66. The maximum Gasteiger partial charge on any atom is 0.227 e. The minimum absolute atomic E-state index is 0.0288. The normalized spacial score (nSPS) is 14.8. The lowest BCUT2D eigenvalue weighted by atomic mass is 10.3. The van der Waals surface area contributed by atoms with Gasteiger partial charge >= 0.3 is 0 Å². The molecule has 0 unspecified atom stereocenters. The Kier molecular flexibility index (Phi) is 4.07. The van der Waals surface area contributed by atoms with E-state index < -0.39 is 0 Å². The SMILES string of the molecule is CCN(CCC(=O)Nc1nc2ccc(N)cc2s1)C1CC1. The summed E-state index contributed by atoms with van der Waals surface area (Å²) < 4.78 is 0.999. The molecule has 0 bridgehead atoms. The summed E-state index contributed by atoms with van der Waals surface area (Å²) >= 11 is 1.46. The number of anilines is 2. The summed E-state index contributed by atoms with van der Waals surface area (Å²) in [6.07, 6.45) is 3.06.